The van der Waals surface area contributed by atoms with Gasteiger partial charge in [-0.1, -0.05) is 20.8 Å². The highest BCUT2D eigenvalue weighted by molar-refractivity contribution is 7.09. The number of aliphatic hydroxyl groups excluding tert-OH is 2. The Kier molecular flexibility index (Phi) is 4.86. The zero-order chi connectivity index (χ0) is 12.2. The van der Waals surface area contributed by atoms with Crippen molar-refractivity contribution in [3.63, 3.8) is 0 Å². The summed E-state index contributed by atoms with van der Waals surface area (Å²) >= 11 is 1.62. The molecule has 0 saturated carbocycles. The first-order valence-electron chi connectivity index (χ1n) is 5.38. The standard InChI is InChI=1S/C11H20N2O2S/c1-11(2,3)9-7-16-10(13-9)5-12-4-8(15)6-14/h7-8,12,14-15H,4-6H2,1-3H3. The van der Waals surface area contributed by atoms with Gasteiger partial charge < -0.3 is 15.5 Å². The molecule has 16 heavy (non-hydrogen) atoms. The Morgan fingerprint density at radius 1 is 1.50 bits per heavy atom. The van der Waals surface area contributed by atoms with Crippen molar-refractivity contribution in [3.05, 3.63) is 16.1 Å². The van der Waals surface area contributed by atoms with E-state index in [0.29, 0.717) is 13.1 Å². The number of hydrogen-bond acceptors (Lipinski definition) is 5. The molecule has 0 radical (unpaired) electrons. The molecular formula is C11H20N2O2S. The normalized spacial score (nSPS) is 14.1. The van der Waals surface area contributed by atoms with Crippen LogP contribution in [-0.2, 0) is 12.0 Å². The molecule has 1 aromatic rings. The topological polar surface area (TPSA) is 65.4 Å². The minimum Gasteiger partial charge on any atom is -0.394 e. The first kappa shape index (κ1) is 13.6. The van der Waals surface area contributed by atoms with Crippen molar-refractivity contribution < 1.29 is 10.2 Å². The molecule has 1 atom stereocenters. The molecule has 5 heteroatoms. The third-order valence-electron chi connectivity index (χ3n) is 2.19. The predicted molar refractivity (Wildman–Crippen MR) is 65.6 cm³/mol. The molecule has 0 fully saturated rings. The number of aromatic nitrogens is 1. The van der Waals surface area contributed by atoms with Gasteiger partial charge in [-0.2, -0.15) is 0 Å². The van der Waals surface area contributed by atoms with Crippen LogP contribution in [0, 0.1) is 0 Å². The highest BCUT2D eigenvalue weighted by Gasteiger charge is 2.17. The van der Waals surface area contributed by atoms with E-state index in [2.05, 4.69) is 36.5 Å². The van der Waals surface area contributed by atoms with E-state index >= 15 is 0 Å². The third kappa shape index (κ3) is 4.17. The molecule has 0 aliphatic carbocycles. The highest BCUT2D eigenvalue weighted by atomic mass is 32.1. The number of nitrogens with one attached hydrogen (secondary N) is 1. The van der Waals surface area contributed by atoms with Gasteiger partial charge in [-0.25, -0.2) is 4.98 Å². The quantitative estimate of drug-likeness (QED) is 0.719. The summed E-state index contributed by atoms with van der Waals surface area (Å²) in [5, 5.41) is 23.9. The van der Waals surface area contributed by atoms with Crippen LogP contribution in [-0.4, -0.2) is 34.5 Å². The third-order valence-corrected chi connectivity index (χ3v) is 3.04. The Morgan fingerprint density at radius 3 is 2.69 bits per heavy atom. The second kappa shape index (κ2) is 5.72. The number of thiazole rings is 1. The Balaban J connectivity index is 2.41. The summed E-state index contributed by atoms with van der Waals surface area (Å²) in [5.41, 5.74) is 1.18. The van der Waals surface area contributed by atoms with Crippen LogP contribution in [0.15, 0.2) is 5.38 Å². The van der Waals surface area contributed by atoms with Crippen molar-refractivity contribution in [1.82, 2.24) is 10.3 Å². The summed E-state index contributed by atoms with van der Waals surface area (Å²) in [4.78, 5) is 4.52. The molecule has 92 valence electrons. The van der Waals surface area contributed by atoms with E-state index in [4.69, 9.17) is 10.2 Å². The summed E-state index contributed by atoms with van der Waals surface area (Å²) in [5.74, 6) is 0. The predicted octanol–water partition coefficient (Wildman–Crippen LogP) is 0.883. The van der Waals surface area contributed by atoms with Gasteiger partial charge in [0.25, 0.3) is 0 Å². The van der Waals surface area contributed by atoms with E-state index in [9.17, 15) is 0 Å². The molecule has 0 amide bonds. The van der Waals surface area contributed by atoms with Crippen LogP contribution in [0.3, 0.4) is 0 Å². The monoisotopic (exact) mass is 244 g/mol. The molecule has 0 aliphatic rings. The summed E-state index contributed by atoms with van der Waals surface area (Å²) < 4.78 is 0. The molecule has 1 aromatic heterocycles. The average Bonchev–Trinajstić information content (AvgIpc) is 2.65. The highest BCUT2D eigenvalue weighted by Crippen LogP contribution is 2.23. The van der Waals surface area contributed by atoms with E-state index in [0.717, 1.165) is 10.7 Å². The minimum atomic E-state index is -0.693. The molecule has 4 nitrogen and oxygen atoms in total. The molecule has 1 rings (SSSR count). The van der Waals surface area contributed by atoms with Crippen molar-refractivity contribution in [1.29, 1.82) is 0 Å². The fraction of sp³-hybridized carbons (Fsp3) is 0.727. The maximum Gasteiger partial charge on any atom is 0.107 e. The van der Waals surface area contributed by atoms with E-state index in [-0.39, 0.29) is 12.0 Å². The second-order valence-corrected chi connectivity index (χ2v) is 5.79. The Labute approximate surface area is 100 Å². The van der Waals surface area contributed by atoms with Crippen molar-refractivity contribution in [2.75, 3.05) is 13.2 Å². The van der Waals surface area contributed by atoms with Crippen LogP contribution >= 0.6 is 11.3 Å². The number of nitrogens with zero attached hydrogens (tertiary/aromatic N) is 1. The molecule has 0 saturated heterocycles. The lowest BCUT2D eigenvalue weighted by atomic mass is 9.93. The maximum absolute atomic E-state index is 9.14. The van der Waals surface area contributed by atoms with Gasteiger partial charge in [0.15, 0.2) is 0 Å². The van der Waals surface area contributed by atoms with Crippen LogP contribution < -0.4 is 5.32 Å². The van der Waals surface area contributed by atoms with Crippen LogP contribution in [0.25, 0.3) is 0 Å². The number of hydrogen-bond donors (Lipinski definition) is 3. The Bertz CT molecular complexity index is 320. The van der Waals surface area contributed by atoms with Gasteiger partial charge in [-0.15, -0.1) is 11.3 Å². The summed E-state index contributed by atoms with van der Waals surface area (Å²) in [6.45, 7) is 7.22. The van der Waals surface area contributed by atoms with Crippen LogP contribution in [0.4, 0.5) is 0 Å². The van der Waals surface area contributed by atoms with Gasteiger partial charge in [0.05, 0.1) is 18.4 Å². The van der Waals surface area contributed by atoms with Gasteiger partial charge in [-0.3, -0.25) is 0 Å². The van der Waals surface area contributed by atoms with E-state index in [1.165, 1.54) is 0 Å². The first-order chi connectivity index (χ1) is 7.43. The van der Waals surface area contributed by atoms with Crippen molar-refractivity contribution in [3.8, 4) is 0 Å². The maximum atomic E-state index is 9.14. The lowest BCUT2D eigenvalue weighted by Crippen LogP contribution is -2.28. The fourth-order valence-electron chi connectivity index (χ4n) is 1.15. The fourth-order valence-corrected chi connectivity index (χ4v) is 2.14. The molecule has 0 bridgehead atoms. The Morgan fingerprint density at radius 2 is 2.19 bits per heavy atom. The molecular weight excluding hydrogens is 224 g/mol. The largest absolute Gasteiger partial charge is 0.394 e. The molecule has 3 N–H and O–H groups in total. The van der Waals surface area contributed by atoms with Gasteiger partial charge in [0, 0.05) is 23.9 Å². The Hall–Kier alpha value is -0.490. The van der Waals surface area contributed by atoms with E-state index in [1.807, 2.05) is 0 Å². The smallest absolute Gasteiger partial charge is 0.107 e. The number of aliphatic hydroxyl groups is 2. The average molecular weight is 244 g/mol. The van der Waals surface area contributed by atoms with Gasteiger partial charge >= 0.3 is 0 Å². The zero-order valence-corrected chi connectivity index (χ0v) is 10.8. The van der Waals surface area contributed by atoms with Crippen LogP contribution in [0.2, 0.25) is 0 Å². The van der Waals surface area contributed by atoms with E-state index in [1.54, 1.807) is 11.3 Å². The number of rotatable bonds is 5. The molecule has 0 aliphatic heterocycles. The molecule has 0 aromatic carbocycles. The summed E-state index contributed by atoms with van der Waals surface area (Å²) in [6.07, 6.45) is -0.693. The molecule has 1 heterocycles. The van der Waals surface area contributed by atoms with Crippen LogP contribution in [0.5, 0.6) is 0 Å². The molecule has 0 spiro atoms. The van der Waals surface area contributed by atoms with Gasteiger partial charge in [0.1, 0.15) is 5.01 Å². The van der Waals surface area contributed by atoms with E-state index < -0.39 is 6.10 Å². The zero-order valence-electron chi connectivity index (χ0n) is 10.0. The van der Waals surface area contributed by atoms with Crippen molar-refractivity contribution in [2.24, 2.45) is 0 Å². The van der Waals surface area contributed by atoms with Gasteiger partial charge in [0.2, 0.25) is 0 Å². The van der Waals surface area contributed by atoms with Crippen LogP contribution in [0.1, 0.15) is 31.5 Å². The summed E-state index contributed by atoms with van der Waals surface area (Å²) in [7, 11) is 0. The first-order valence-corrected chi connectivity index (χ1v) is 6.26. The SMILES string of the molecule is CC(C)(C)c1csc(CNCC(O)CO)n1. The van der Waals surface area contributed by atoms with Gasteiger partial charge in [-0.05, 0) is 0 Å². The molecule has 1 unspecified atom stereocenters. The van der Waals surface area contributed by atoms with Crippen molar-refractivity contribution >= 4 is 11.3 Å². The summed E-state index contributed by atoms with van der Waals surface area (Å²) in [6, 6.07) is 0. The lowest BCUT2D eigenvalue weighted by Gasteiger charge is -2.14. The van der Waals surface area contributed by atoms with Crippen molar-refractivity contribution in [2.45, 2.75) is 38.8 Å². The lowest BCUT2D eigenvalue weighted by molar-refractivity contribution is 0.0942. The minimum absolute atomic E-state index is 0.0827. The second-order valence-electron chi connectivity index (χ2n) is 4.84.